The first-order valence-corrected chi connectivity index (χ1v) is 5.34. The second-order valence-electron chi connectivity index (χ2n) is 3.83. The first kappa shape index (κ1) is 13.1. The number of piperidine rings is 1. The summed E-state index contributed by atoms with van der Waals surface area (Å²) in [6, 6.07) is 3.28. The van der Waals surface area contributed by atoms with Crippen LogP contribution in [-0.2, 0) is 0 Å². The van der Waals surface area contributed by atoms with Gasteiger partial charge in [-0.1, -0.05) is 0 Å². The second-order valence-corrected chi connectivity index (χ2v) is 3.83. The maximum absolute atomic E-state index is 9.44. The molecule has 2 rings (SSSR count). The molecule has 1 aliphatic heterocycles. The summed E-state index contributed by atoms with van der Waals surface area (Å²) in [6.45, 7) is 2.76. The van der Waals surface area contributed by atoms with Crippen molar-refractivity contribution in [1.82, 2.24) is 10.3 Å². The summed E-state index contributed by atoms with van der Waals surface area (Å²) in [5, 5.41) is 12.7. The Bertz CT molecular complexity index is 317. The van der Waals surface area contributed by atoms with Gasteiger partial charge in [-0.15, -0.1) is 12.4 Å². The fourth-order valence-corrected chi connectivity index (χ4v) is 1.74. The van der Waals surface area contributed by atoms with Gasteiger partial charge in [0.1, 0.15) is 0 Å². The number of rotatable bonds is 3. The molecule has 4 nitrogen and oxygen atoms in total. The Labute approximate surface area is 101 Å². The Hall–Kier alpha value is -1.00. The van der Waals surface area contributed by atoms with E-state index in [-0.39, 0.29) is 18.2 Å². The number of nitrogens with zero attached hydrogens (tertiary/aromatic N) is 1. The molecule has 0 amide bonds. The van der Waals surface area contributed by atoms with Gasteiger partial charge >= 0.3 is 0 Å². The number of hydrogen-bond acceptors (Lipinski definition) is 4. The largest absolute Gasteiger partial charge is 0.503 e. The number of pyridine rings is 1. The van der Waals surface area contributed by atoms with Crippen LogP contribution in [0.5, 0.6) is 11.6 Å². The molecule has 1 aromatic rings. The Morgan fingerprint density at radius 2 is 2.19 bits per heavy atom. The molecule has 5 heteroatoms. The molecule has 1 aliphatic rings. The van der Waals surface area contributed by atoms with E-state index in [4.69, 9.17) is 4.74 Å². The molecule has 1 aromatic heterocycles. The van der Waals surface area contributed by atoms with Crippen molar-refractivity contribution in [1.29, 1.82) is 0 Å². The van der Waals surface area contributed by atoms with Crippen LogP contribution >= 0.6 is 12.4 Å². The van der Waals surface area contributed by atoms with Crippen molar-refractivity contribution in [2.45, 2.75) is 12.8 Å². The van der Waals surface area contributed by atoms with Crippen LogP contribution in [-0.4, -0.2) is 29.8 Å². The van der Waals surface area contributed by atoms with E-state index in [1.165, 1.54) is 0 Å². The van der Waals surface area contributed by atoms with Crippen LogP contribution in [0.15, 0.2) is 18.3 Å². The summed E-state index contributed by atoms with van der Waals surface area (Å²) in [6.07, 6.45) is 3.89. The first-order chi connectivity index (χ1) is 7.36. The summed E-state index contributed by atoms with van der Waals surface area (Å²) in [4.78, 5) is 3.97. The molecule has 0 aliphatic carbocycles. The van der Waals surface area contributed by atoms with Crippen molar-refractivity contribution >= 4 is 12.4 Å². The molecule has 0 unspecified atom stereocenters. The van der Waals surface area contributed by atoms with Crippen molar-refractivity contribution in [2.24, 2.45) is 5.92 Å². The van der Waals surface area contributed by atoms with Crippen LogP contribution in [0.2, 0.25) is 0 Å². The Morgan fingerprint density at radius 3 is 2.88 bits per heavy atom. The zero-order chi connectivity index (χ0) is 10.5. The van der Waals surface area contributed by atoms with Crippen LogP contribution in [0.1, 0.15) is 12.8 Å². The average molecular weight is 245 g/mol. The maximum atomic E-state index is 9.44. The summed E-state index contributed by atoms with van der Waals surface area (Å²) in [7, 11) is 0. The van der Waals surface area contributed by atoms with Crippen LogP contribution in [0, 0.1) is 5.92 Å². The third-order valence-electron chi connectivity index (χ3n) is 2.67. The van der Waals surface area contributed by atoms with E-state index in [2.05, 4.69) is 10.3 Å². The van der Waals surface area contributed by atoms with Gasteiger partial charge in [-0.05, 0) is 44.0 Å². The van der Waals surface area contributed by atoms with Gasteiger partial charge in [0, 0.05) is 6.20 Å². The summed E-state index contributed by atoms with van der Waals surface area (Å²) < 4.78 is 5.49. The van der Waals surface area contributed by atoms with E-state index in [1.807, 2.05) is 0 Å². The van der Waals surface area contributed by atoms with Crippen LogP contribution in [0.4, 0.5) is 0 Å². The van der Waals surface area contributed by atoms with Crippen molar-refractivity contribution in [3.05, 3.63) is 18.3 Å². The molecule has 16 heavy (non-hydrogen) atoms. The lowest BCUT2D eigenvalue weighted by molar-refractivity contribution is 0.202. The molecule has 1 fully saturated rings. The maximum Gasteiger partial charge on any atom is 0.256 e. The highest BCUT2D eigenvalue weighted by Crippen LogP contribution is 2.22. The van der Waals surface area contributed by atoms with Gasteiger partial charge < -0.3 is 15.2 Å². The minimum atomic E-state index is 0. The summed E-state index contributed by atoms with van der Waals surface area (Å²) in [5.74, 6) is 1.04. The zero-order valence-corrected chi connectivity index (χ0v) is 9.87. The fourth-order valence-electron chi connectivity index (χ4n) is 1.74. The van der Waals surface area contributed by atoms with Gasteiger partial charge in [-0.2, -0.15) is 0 Å². The predicted molar refractivity (Wildman–Crippen MR) is 64.2 cm³/mol. The van der Waals surface area contributed by atoms with Gasteiger partial charge in [-0.25, -0.2) is 4.98 Å². The third-order valence-corrected chi connectivity index (χ3v) is 2.67. The van der Waals surface area contributed by atoms with Crippen LogP contribution < -0.4 is 10.1 Å². The minimum Gasteiger partial charge on any atom is -0.503 e. The van der Waals surface area contributed by atoms with Crippen molar-refractivity contribution in [2.75, 3.05) is 19.7 Å². The molecule has 2 N–H and O–H groups in total. The van der Waals surface area contributed by atoms with Gasteiger partial charge in [0.25, 0.3) is 5.88 Å². The molecular weight excluding hydrogens is 228 g/mol. The summed E-state index contributed by atoms with van der Waals surface area (Å²) >= 11 is 0. The predicted octanol–water partition coefficient (Wildman–Crippen LogP) is 1.59. The quantitative estimate of drug-likeness (QED) is 0.848. The lowest BCUT2D eigenvalue weighted by Gasteiger charge is -2.22. The van der Waals surface area contributed by atoms with E-state index < -0.39 is 0 Å². The smallest absolute Gasteiger partial charge is 0.256 e. The van der Waals surface area contributed by atoms with Crippen molar-refractivity contribution in [3.8, 4) is 11.6 Å². The van der Waals surface area contributed by atoms with Crippen molar-refractivity contribution < 1.29 is 9.84 Å². The van der Waals surface area contributed by atoms with Crippen molar-refractivity contribution in [3.63, 3.8) is 0 Å². The molecule has 2 heterocycles. The monoisotopic (exact) mass is 244 g/mol. The topological polar surface area (TPSA) is 54.4 Å². The molecule has 1 saturated heterocycles. The van der Waals surface area contributed by atoms with Gasteiger partial charge in [0.05, 0.1) is 6.61 Å². The second kappa shape index (κ2) is 6.55. The molecule has 0 saturated carbocycles. The van der Waals surface area contributed by atoms with E-state index in [0.717, 1.165) is 25.9 Å². The molecule has 0 radical (unpaired) electrons. The minimum absolute atomic E-state index is 0. The number of hydrogen-bond donors (Lipinski definition) is 2. The normalized spacial score (nSPS) is 16.5. The molecule has 0 spiro atoms. The van der Waals surface area contributed by atoms with Crippen LogP contribution in [0.3, 0.4) is 0 Å². The Morgan fingerprint density at radius 1 is 1.44 bits per heavy atom. The lowest BCUT2D eigenvalue weighted by Crippen LogP contribution is -2.30. The molecule has 0 bridgehead atoms. The SMILES string of the molecule is Cl.Oc1cccnc1OCC1CCNCC1. The van der Waals surface area contributed by atoms with Crippen LogP contribution in [0.25, 0.3) is 0 Å². The Kier molecular flexibility index (Phi) is 5.35. The molecular formula is C11H17ClN2O2. The van der Waals surface area contributed by atoms with Gasteiger partial charge in [0.2, 0.25) is 0 Å². The number of nitrogens with one attached hydrogen (secondary N) is 1. The average Bonchev–Trinajstić information content (AvgIpc) is 2.29. The van der Waals surface area contributed by atoms with E-state index in [9.17, 15) is 5.11 Å². The third kappa shape index (κ3) is 3.54. The molecule has 0 atom stereocenters. The standard InChI is InChI=1S/C11H16N2O2.ClH/c14-10-2-1-5-13-11(10)15-8-9-3-6-12-7-4-9;/h1-2,5,9,12,14H,3-4,6-8H2;1H. The zero-order valence-electron chi connectivity index (χ0n) is 9.06. The number of halogens is 1. The highest BCUT2D eigenvalue weighted by Gasteiger charge is 2.14. The molecule has 0 aromatic carbocycles. The lowest BCUT2D eigenvalue weighted by atomic mass is 9.99. The fraction of sp³-hybridized carbons (Fsp3) is 0.545. The number of aromatic hydroxyl groups is 1. The highest BCUT2D eigenvalue weighted by molar-refractivity contribution is 5.85. The van der Waals surface area contributed by atoms with Gasteiger partial charge in [0.15, 0.2) is 5.75 Å². The molecule has 90 valence electrons. The Balaban J connectivity index is 0.00000128. The van der Waals surface area contributed by atoms with E-state index in [1.54, 1.807) is 18.3 Å². The number of aromatic nitrogens is 1. The van der Waals surface area contributed by atoms with E-state index in [0.29, 0.717) is 18.4 Å². The highest BCUT2D eigenvalue weighted by atomic mass is 35.5. The number of ether oxygens (including phenoxy) is 1. The van der Waals surface area contributed by atoms with E-state index >= 15 is 0 Å². The van der Waals surface area contributed by atoms with Gasteiger partial charge in [-0.3, -0.25) is 0 Å². The first-order valence-electron chi connectivity index (χ1n) is 5.34. The summed E-state index contributed by atoms with van der Waals surface area (Å²) in [5.41, 5.74) is 0.